The van der Waals surface area contributed by atoms with Crippen molar-refractivity contribution in [2.75, 3.05) is 13.2 Å². The second-order valence-corrected chi connectivity index (χ2v) is 7.01. The summed E-state index contributed by atoms with van der Waals surface area (Å²) in [6, 6.07) is 7.01. The number of carbonyl (C=O) groups is 1. The molecule has 2 aromatic rings. The molecule has 7 heteroatoms. The lowest BCUT2D eigenvalue weighted by Crippen LogP contribution is -2.46. The fourth-order valence-corrected chi connectivity index (χ4v) is 3.14. The van der Waals surface area contributed by atoms with Gasteiger partial charge in [0, 0.05) is 23.9 Å². The minimum absolute atomic E-state index is 0.0347. The van der Waals surface area contributed by atoms with Gasteiger partial charge >= 0.3 is 0 Å². The first kappa shape index (κ1) is 16.2. The van der Waals surface area contributed by atoms with Gasteiger partial charge in [-0.25, -0.2) is 0 Å². The Morgan fingerprint density at radius 3 is 2.84 bits per heavy atom. The molecule has 1 fully saturated rings. The summed E-state index contributed by atoms with van der Waals surface area (Å²) in [5.41, 5.74) is 7.49. The number of hydrogen-bond donors (Lipinski definition) is 2. The van der Waals surface area contributed by atoms with Crippen molar-refractivity contribution in [3.05, 3.63) is 41.0 Å². The molecule has 0 saturated heterocycles. The van der Waals surface area contributed by atoms with E-state index in [1.54, 1.807) is 29.3 Å². The van der Waals surface area contributed by atoms with Crippen LogP contribution in [0.5, 0.6) is 11.5 Å². The Labute approximate surface area is 150 Å². The number of phenolic OH excluding ortho intramolecular Hbond substituents is 1. The van der Waals surface area contributed by atoms with Gasteiger partial charge in [-0.3, -0.25) is 9.78 Å². The molecule has 1 saturated carbocycles. The molecule has 1 aromatic carbocycles. The third-order valence-electron chi connectivity index (χ3n) is 4.64. The van der Waals surface area contributed by atoms with Crippen molar-refractivity contribution in [2.45, 2.75) is 24.9 Å². The van der Waals surface area contributed by atoms with Gasteiger partial charge in [0.25, 0.3) is 0 Å². The number of halogens is 1. The van der Waals surface area contributed by atoms with Crippen molar-refractivity contribution in [2.24, 2.45) is 5.73 Å². The molecule has 0 bridgehead atoms. The summed E-state index contributed by atoms with van der Waals surface area (Å²) in [6.45, 7) is 1.11. The molecule has 25 heavy (non-hydrogen) atoms. The van der Waals surface area contributed by atoms with Crippen LogP contribution in [0.1, 0.15) is 18.4 Å². The Hall–Kier alpha value is -2.31. The van der Waals surface area contributed by atoms with Gasteiger partial charge < -0.3 is 20.5 Å². The van der Waals surface area contributed by atoms with E-state index in [1.807, 2.05) is 6.07 Å². The largest absolute Gasteiger partial charge is 0.504 e. The maximum Gasteiger partial charge on any atom is 0.243 e. The lowest BCUT2D eigenvalue weighted by Gasteiger charge is -2.23. The summed E-state index contributed by atoms with van der Waals surface area (Å²) in [7, 11) is 0. The first-order chi connectivity index (χ1) is 12.0. The van der Waals surface area contributed by atoms with Gasteiger partial charge in [-0.1, -0.05) is 11.6 Å². The molecule has 6 nitrogen and oxygen atoms in total. The average molecular weight is 360 g/mol. The summed E-state index contributed by atoms with van der Waals surface area (Å²) in [5.74, 6) is 0.390. The molecule has 1 aromatic heterocycles. The Morgan fingerprint density at radius 1 is 1.36 bits per heavy atom. The number of nitrogens with two attached hydrogens (primary N) is 1. The topological polar surface area (TPSA) is 88.7 Å². The minimum Gasteiger partial charge on any atom is -0.504 e. The van der Waals surface area contributed by atoms with Crippen molar-refractivity contribution in [1.29, 1.82) is 0 Å². The van der Waals surface area contributed by atoms with Crippen LogP contribution in [0.2, 0.25) is 5.02 Å². The number of aromatic hydroxyl groups is 1. The normalized spacial score (nSPS) is 18.1. The van der Waals surface area contributed by atoms with E-state index >= 15 is 0 Å². The van der Waals surface area contributed by atoms with E-state index in [0.717, 1.165) is 24.0 Å². The summed E-state index contributed by atoms with van der Waals surface area (Å²) in [6.07, 6.45) is 2.99. The number of amides is 1. The SMILES string of the molecule is NC1(C(=O)N2CCOc3c(O)cc(-c4ccc(Cl)cn4)cc3C2)CC1. The Balaban J connectivity index is 1.69. The molecule has 2 heterocycles. The van der Waals surface area contributed by atoms with E-state index in [9.17, 15) is 9.90 Å². The fourth-order valence-electron chi connectivity index (χ4n) is 3.03. The monoisotopic (exact) mass is 359 g/mol. The van der Waals surface area contributed by atoms with Gasteiger partial charge in [0.1, 0.15) is 6.61 Å². The van der Waals surface area contributed by atoms with E-state index in [4.69, 9.17) is 22.1 Å². The second kappa shape index (κ2) is 5.89. The Kier molecular flexibility index (Phi) is 3.81. The van der Waals surface area contributed by atoms with Gasteiger partial charge in [0.15, 0.2) is 11.5 Å². The quantitative estimate of drug-likeness (QED) is 0.859. The summed E-state index contributed by atoms with van der Waals surface area (Å²) >= 11 is 5.88. The number of fused-ring (bicyclic) bond motifs is 1. The van der Waals surface area contributed by atoms with Crippen molar-refractivity contribution < 1.29 is 14.6 Å². The van der Waals surface area contributed by atoms with Crippen molar-refractivity contribution in [1.82, 2.24) is 9.88 Å². The molecular formula is C18H18ClN3O3. The van der Waals surface area contributed by atoms with Crippen LogP contribution < -0.4 is 10.5 Å². The van der Waals surface area contributed by atoms with E-state index in [1.165, 1.54) is 0 Å². The third kappa shape index (κ3) is 3.03. The lowest BCUT2D eigenvalue weighted by atomic mass is 10.0. The van der Waals surface area contributed by atoms with Crippen LogP contribution in [0.3, 0.4) is 0 Å². The van der Waals surface area contributed by atoms with Crippen molar-refractivity contribution in [3.63, 3.8) is 0 Å². The predicted molar refractivity (Wildman–Crippen MR) is 93.4 cm³/mol. The molecule has 0 unspecified atom stereocenters. The van der Waals surface area contributed by atoms with E-state index in [2.05, 4.69) is 4.98 Å². The zero-order chi connectivity index (χ0) is 17.6. The highest BCUT2D eigenvalue weighted by atomic mass is 35.5. The molecule has 0 spiro atoms. The highest BCUT2D eigenvalue weighted by Gasteiger charge is 2.48. The van der Waals surface area contributed by atoms with Crippen LogP contribution in [-0.4, -0.2) is 39.6 Å². The number of nitrogens with zero attached hydrogens (tertiary/aromatic N) is 2. The van der Waals surface area contributed by atoms with Gasteiger partial charge in [-0.2, -0.15) is 0 Å². The minimum atomic E-state index is -0.720. The summed E-state index contributed by atoms with van der Waals surface area (Å²) < 4.78 is 5.68. The number of carbonyl (C=O) groups excluding carboxylic acids is 1. The van der Waals surface area contributed by atoms with Gasteiger partial charge in [-0.05, 0) is 37.1 Å². The molecule has 1 aliphatic carbocycles. The second-order valence-electron chi connectivity index (χ2n) is 6.58. The molecule has 0 atom stereocenters. The maximum absolute atomic E-state index is 12.6. The molecule has 1 amide bonds. The number of pyridine rings is 1. The first-order valence-electron chi connectivity index (χ1n) is 8.15. The number of phenols is 1. The van der Waals surface area contributed by atoms with Gasteiger partial charge in [-0.15, -0.1) is 0 Å². The molecule has 0 radical (unpaired) electrons. The van der Waals surface area contributed by atoms with Crippen LogP contribution in [0.4, 0.5) is 0 Å². The lowest BCUT2D eigenvalue weighted by molar-refractivity contribution is -0.134. The highest BCUT2D eigenvalue weighted by molar-refractivity contribution is 6.30. The summed E-state index contributed by atoms with van der Waals surface area (Å²) in [4.78, 5) is 18.6. The van der Waals surface area contributed by atoms with Gasteiger partial charge in [0.05, 0.1) is 22.8 Å². The Bertz CT molecular complexity index is 834. The van der Waals surface area contributed by atoms with Crippen LogP contribution in [0.15, 0.2) is 30.5 Å². The Morgan fingerprint density at radius 2 is 2.16 bits per heavy atom. The van der Waals surface area contributed by atoms with Crippen LogP contribution >= 0.6 is 11.6 Å². The van der Waals surface area contributed by atoms with Crippen LogP contribution in [-0.2, 0) is 11.3 Å². The first-order valence-corrected chi connectivity index (χ1v) is 8.53. The zero-order valence-corrected chi connectivity index (χ0v) is 14.3. The summed E-state index contributed by atoms with van der Waals surface area (Å²) in [5, 5.41) is 10.9. The smallest absolute Gasteiger partial charge is 0.243 e. The van der Waals surface area contributed by atoms with E-state index < -0.39 is 5.54 Å². The van der Waals surface area contributed by atoms with Crippen LogP contribution in [0, 0.1) is 0 Å². The predicted octanol–water partition coefficient (Wildman–Crippen LogP) is 2.32. The van der Waals surface area contributed by atoms with Crippen molar-refractivity contribution in [3.8, 4) is 22.8 Å². The van der Waals surface area contributed by atoms with Crippen LogP contribution in [0.25, 0.3) is 11.3 Å². The molecule has 4 rings (SSSR count). The molecular weight excluding hydrogens is 342 g/mol. The highest BCUT2D eigenvalue weighted by Crippen LogP contribution is 2.39. The third-order valence-corrected chi connectivity index (χ3v) is 4.86. The molecule has 3 N–H and O–H groups in total. The van der Waals surface area contributed by atoms with Gasteiger partial charge in [0.2, 0.25) is 5.91 Å². The molecule has 130 valence electrons. The maximum atomic E-state index is 12.6. The fraction of sp³-hybridized carbons (Fsp3) is 0.333. The average Bonchev–Trinajstić information content (AvgIpc) is 3.37. The number of benzene rings is 1. The molecule has 1 aliphatic heterocycles. The van der Waals surface area contributed by atoms with E-state index in [-0.39, 0.29) is 11.7 Å². The number of rotatable bonds is 2. The van der Waals surface area contributed by atoms with Crippen molar-refractivity contribution >= 4 is 17.5 Å². The number of aromatic nitrogens is 1. The molecule has 2 aliphatic rings. The number of hydrogen-bond acceptors (Lipinski definition) is 5. The number of ether oxygens (including phenoxy) is 1. The zero-order valence-electron chi connectivity index (χ0n) is 13.5. The standard InChI is InChI=1S/C18H18ClN3O3/c19-13-1-2-14(21-9-13)11-7-12-10-22(17(24)18(20)3-4-18)5-6-25-16(12)15(23)8-11/h1-2,7-9,23H,3-6,10,20H2. The van der Waals surface area contributed by atoms with E-state index in [0.29, 0.717) is 36.2 Å².